The largest absolute Gasteiger partial charge is 0.396 e. The van der Waals surface area contributed by atoms with Crippen LogP contribution in [0.5, 0.6) is 0 Å². The summed E-state index contributed by atoms with van der Waals surface area (Å²) in [5, 5.41) is 12.6. The van der Waals surface area contributed by atoms with Gasteiger partial charge in [0.25, 0.3) is 0 Å². The van der Waals surface area contributed by atoms with Crippen molar-refractivity contribution in [1.82, 2.24) is 5.32 Å². The molecule has 0 radical (unpaired) electrons. The summed E-state index contributed by atoms with van der Waals surface area (Å²) in [6, 6.07) is 8.91. The molecule has 0 amide bonds. The van der Waals surface area contributed by atoms with Gasteiger partial charge in [0.05, 0.1) is 0 Å². The molecular formula is C15H24BrNO. The smallest absolute Gasteiger partial charge is 0.0456 e. The van der Waals surface area contributed by atoms with Crippen LogP contribution in [0.3, 0.4) is 0 Å². The summed E-state index contributed by atoms with van der Waals surface area (Å²) in [5.74, 6) is 0.415. The number of hydrogen-bond acceptors (Lipinski definition) is 2. The maximum atomic E-state index is 8.97. The Morgan fingerprint density at radius 2 is 2.17 bits per heavy atom. The topological polar surface area (TPSA) is 32.3 Å². The number of halogens is 1. The summed E-state index contributed by atoms with van der Waals surface area (Å²) < 4.78 is 1.13. The molecule has 3 heteroatoms. The zero-order valence-electron chi connectivity index (χ0n) is 11.3. The fourth-order valence-electron chi connectivity index (χ4n) is 2.04. The van der Waals surface area contributed by atoms with Crippen molar-refractivity contribution in [2.45, 2.75) is 39.2 Å². The lowest BCUT2D eigenvalue weighted by molar-refractivity contribution is 0.227. The van der Waals surface area contributed by atoms with E-state index in [2.05, 4.69) is 59.4 Å². The van der Waals surface area contributed by atoms with E-state index in [4.69, 9.17) is 5.11 Å². The Balaban J connectivity index is 2.38. The van der Waals surface area contributed by atoms with Gasteiger partial charge in [-0.2, -0.15) is 0 Å². The molecule has 0 saturated carbocycles. The van der Waals surface area contributed by atoms with Crippen LogP contribution in [0.4, 0.5) is 0 Å². The zero-order chi connectivity index (χ0) is 13.4. The molecule has 0 aliphatic carbocycles. The van der Waals surface area contributed by atoms with Crippen LogP contribution in [-0.2, 0) is 0 Å². The number of rotatable bonds is 8. The molecule has 0 spiro atoms. The van der Waals surface area contributed by atoms with Gasteiger partial charge in [0.1, 0.15) is 0 Å². The first-order valence-electron chi connectivity index (χ1n) is 6.77. The van der Waals surface area contributed by atoms with E-state index in [-0.39, 0.29) is 0 Å². The van der Waals surface area contributed by atoms with Crippen LogP contribution in [0.25, 0.3) is 0 Å². The second kappa shape index (κ2) is 8.68. The van der Waals surface area contributed by atoms with Crippen molar-refractivity contribution in [3.05, 3.63) is 34.3 Å². The lowest BCUT2D eigenvalue weighted by Gasteiger charge is -2.18. The van der Waals surface area contributed by atoms with Gasteiger partial charge >= 0.3 is 0 Å². The molecule has 102 valence electrons. The molecule has 18 heavy (non-hydrogen) atoms. The van der Waals surface area contributed by atoms with Crippen molar-refractivity contribution in [2.75, 3.05) is 13.2 Å². The van der Waals surface area contributed by atoms with E-state index in [1.54, 1.807) is 0 Å². The second-order valence-electron chi connectivity index (χ2n) is 4.90. The van der Waals surface area contributed by atoms with Gasteiger partial charge in [-0.3, -0.25) is 0 Å². The maximum absolute atomic E-state index is 8.97. The monoisotopic (exact) mass is 313 g/mol. The van der Waals surface area contributed by atoms with E-state index in [1.165, 1.54) is 5.56 Å². The lowest BCUT2D eigenvalue weighted by atomic mass is 10.0. The summed E-state index contributed by atoms with van der Waals surface area (Å²) >= 11 is 3.51. The summed E-state index contributed by atoms with van der Waals surface area (Å²) in [4.78, 5) is 0. The van der Waals surface area contributed by atoms with E-state index >= 15 is 0 Å². The molecule has 2 atom stereocenters. The van der Waals surface area contributed by atoms with E-state index < -0.39 is 0 Å². The van der Waals surface area contributed by atoms with Gasteiger partial charge in [-0.25, -0.2) is 0 Å². The zero-order valence-corrected chi connectivity index (χ0v) is 12.9. The molecule has 2 N–H and O–H groups in total. The Morgan fingerprint density at radius 1 is 1.39 bits per heavy atom. The molecule has 0 fully saturated rings. The fraction of sp³-hybridized carbons (Fsp3) is 0.600. The summed E-state index contributed by atoms with van der Waals surface area (Å²) in [5.41, 5.74) is 1.34. The van der Waals surface area contributed by atoms with E-state index in [1.807, 2.05) is 0 Å². The Morgan fingerprint density at radius 3 is 2.78 bits per heavy atom. The SMILES string of the molecule is CCC(NCCCC(C)CO)c1cccc(Br)c1. The van der Waals surface area contributed by atoms with Gasteiger partial charge in [-0.15, -0.1) is 0 Å². The highest BCUT2D eigenvalue weighted by atomic mass is 79.9. The third-order valence-electron chi connectivity index (χ3n) is 3.24. The van der Waals surface area contributed by atoms with Gasteiger partial charge < -0.3 is 10.4 Å². The number of aliphatic hydroxyl groups excluding tert-OH is 1. The predicted molar refractivity (Wildman–Crippen MR) is 80.7 cm³/mol. The van der Waals surface area contributed by atoms with Gasteiger partial charge in [-0.05, 0) is 49.4 Å². The summed E-state index contributed by atoms with van der Waals surface area (Å²) in [6.45, 7) is 5.60. The Hall–Kier alpha value is -0.380. The molecule has 0 bridgehead atoms. The third-order valence-corrected chi connectivity index (χ3v) is 3.73. The van der Waals surface area contributed by atoms with E-state index in [0.29, 0.717) is 18.6 Å². The molecule has 2 unspecified atom stereocenters. The van der Waals surface area contributed by atoms with E-state index in [9.17, 15) is 0 Å². The van der Waals surface area contributed by atoms with Gasteiger partial charge in [0, 0.05) is 17.1 Å². The molecule has 1 aromatic rings. The first-order chi connectivity index (χ1) is 8.67. The van der Waals surface area contributed by atoms with Gasteiger partial charge in [-0.1, -0.05) is 41.9 Å². The minimum atomic E-state index is 0.294. The average Bonchev–Trinajstić information content (AvgIpc) is 2.38. The fourth-order valence-corrected chi connectivity index (χ4v) is 2.46. The van der Waals surface area contributed by atoms with Crippen LogP contribution >= 0.6 is 15.9 Å². The van der Waals surface area contributed by atoms with Crippen molar-refractivity contribution in [3.8, 4) is 0 Å². The Labute approximate surface area is 119 Å². The van der Waals surface area contributed by atoms with Crippen molar-refractivity contribution in [1.29, 1.82) is 0 Å². The molecule has 0 heterocycles. The minimum Gasteiger partial charge on any atom is -0.396 e. The quantitative estimate of drug-likeness (QED) is 0.713. The highest BCUT2D eigenvalue weighted by molar-refractivity contribution is 9.10. The van der Waals surface area contributed by atoms with Crippen LogP contribution in [0, 0.1) is 5.92 Å². The van der Waals surface area contributed by atoms with Gasteiger partial charge in [0.2, 0.25) is 0 Å². The maximum Gasteiger partial charge on any atom is 0.0456 e. The van der Waals surface area contributed by atoms with Crippen LogP contribution < -0.4 is 5.32 Å². The number of nitrogens with one attached hydrogen (secondary N) is 1. The molecule has 0 aliphatic heterocycles. The van der Waals surface area contributed by atoms with Crippen molar-refractivity contribution >= 4 is 15.9 Å². The molecule has 2 nitrogen and oxygen atoms in total. The normalized spacial score (nSPS) is 14.4. The number of benzene rings is 1. The Bertz CT molecular complexity index is 343. The molecule has 0 saturated heterocycles. The summed E-state index contributed by atoms with van der Waals surface area (Å²) in [6.07, 6.45) is 3.29. The van der Waals surface area contributed by atoms with Gasteiger partial charge in [0.15, 0.2) is 0 Å². The van der Waals surface area contributed by atoms with Crippen LogP contribution in [-0.4, -0.2) is 18.3 Å². The number of aliphatic hydroxyl groups is 1. The average molecular weight is 314 g/mol. The number of hydrogen-bond donors (Lipinski definition) is 2. The molecule has 1 rings (SSSR count). The third kappa shape index (κ3) is 5.51. The second-order valence-corrected chi connectivity index (χ2v) is 5.82. The van der Waals surface area contributed by atoms with Crippen molar-refractivity contribution in [2.24, 2.45) is 5.92 Å². The highest BCUT2D eigenvalue weighted by Gasteiger charge is 2.08. The molecular weight excluding hydrogens is 290 g/mol. The summed E-state index contributed by atoms with van der Waals surface area (Å²) in [7, 11) is 0. The lowest BCUT2D eigenvalue weighted by Crippen LogP contribution is -2.22. The Kier molecular flexibility index (Phi) is 7.56. The molecule has 0 aliphatic rings. The highest BCUT2D eigenvalue weighted by Crippen LogP contribution is 2.20. The van der Waals surface area contributed by atoms with Crippen LogP contribution in [0.1, 0.15) is 44.7 Å². The van der Waals surface area contributed by atoms with Crippen LogP contribution in [0.15, 0.2) is 28.7 Å². The van der Waals surface area contributed by atoms with Crippen LogP contribution in [0.2, 0.25) is 0 Å². The predicted octanol–water partition coefficient (Wildman–Crippen LogP) is 3.90. The first-order valence-corrected chi connectivity index (χ1v) is 7.56. The van der Waals surface area contributed by atoms with Crippen molar-refractivity contribution < 1.29 is 5.11 Å². The first kappa shape index (κ1) is 15.7. The standard InChI is InChI=1S/C15H24BrNO/c1-3-15(13-7-4-8-14(16)10-13)17-9-5-6-12(2)11-18/h4,7-8,10,12,15,17-18H,3,5-6,9,11H2,1-2H3. The van der Waals surface area contributed by atoms with Crippen molar-refractivity contribution in [3.63, 3.8) is 0 Å². The molecule has 0 aromatic heterocycles. The minimum absolute atomic E-state index is 0.294. The van der Waals surface area contributed by atoms with E-state index in [0.717, 1.165) is 30.3 Å². The molecule has 1 aromatic carbocycles.